The number of nitrogens with one attached hydrogen (secondary N) is 2. The van der Waals surface area contributed by atoms with Crippen LogP contribution in [0.5, 0.6) is 11.5 Å². The summed E-state index contributed by atoms with van der Waals surface area (Å²) in [4.78, 5) is 6.02. The summed E-state index contributed by atoms with van der Waals surface area (Å²) in [5.74, 6) is 1.87. The van der Waals surface area contributed by atoms with Gasteiger partial charge in [0.1, 0.15) is 18.1 Å². The van der Waals surface area contributed by atoms with Crippen LogP contribution in [0.1, 0.15) is 43.6 Å². The molecule has 0 spiro atoms. The van der Waals surface area contributed by atoms with E-state index >= 15 is 0 Å². The van der Waals surface area contributed by atoms with Crippen LogP contribution in [0.25, 0.3) is 10.9 Å². The molecule has 0 fully saturated rings. The Bertz CT molecular complexity index is 960. The zero-order chi connectivity index (χ0) is 20.9. The molecule has 0 amide bonds. The van der Waals surface area contributed by atoms with Gasteiger partial charge in [-0.25, -0.2) is 0 Å². The van der Waals surface area contributed by atoms with E-state index in [-0.39, 0.29) is 6.04 Å². The minimum atomic E-state index is 0.168. The lowest BCUT2D eigenvalue weighted by atomic mass is 9.94. The van der Waals surface area contributed by atoms with Gasteiger partial charge in [-0.05, 0) is 67.9 Å². The van der Waals surface area contributed by atoms with E-state index in [9.17, 15) is 0 Å². The number of hydrogen-bond acceptors (Lipinski definition) is 4. The van der Waals surface area contributed by atoms with Gasteiger partial charge in [0.05, 0.1) is 12.6 Å². The molecule has 3 aromatic rings. The van der Waals surface area contributed by atoms with Crippen LogP contribution in [-0.2, 0) is 6.42 Å². The van der Waals surface area contributed by atoms with E-state index in [1.165, 1.54) is 27.7 Å². The molecular formula is C25H33N3O2. The van der Waals surface area contributed by atoms with Gasteiger partial charge >= 0.3 is 0 Å². The van der Waals surface area contributed by atoms with E-state index in [4.69, 9.17) is 9.47 Å². The minimum Gasteiger partial charge on any atom is -0.494 e. The molecule has 0 saturated heterocycles. The van der Waals surface area contributed by atoms with Crippen molar-refractivity contribution in [3.05, 3.63) is 59.3 Å². The molecule has 2 N–H and O–H groups in total. The summed E-state index contributed by atoms with van der Waals surface area (Å²) in [5, 5.41) is 4.95. The molecule has 160 valence electrons. The molecule has 2 heterocycles. The Morgan fingerprint density at radius 3 is 2.47 bits per heavy atom. The molecule has 0 bridgehead atoms. The molecule has 0 saturated carbocycles. The van der Waals surface area contributed by atoms with Crippen molar-refractivity contribution in [2.24, 2.45) is 0 Å². The number of H-pyrrole nitrogens is 1. The van der Waals surface area contributed by atoms with Gasteiger partial charge in [0.25, 0.3) is 0 Å². The third-order valence-corrected chi connectivity index (χ3v) is 6.02. The van der Waals surface area contributed by atoms with Crippen molar-refractivity contribution in [2.75, 3.05) is 39.4 Å². The zero-order valence-corrected chi connectivity index (χ0v) is 18.3. The summed E-state index contributed by atoms with van der Waals surface area (Å²) < 4.78 is 11.7. The second-order valence-corrected chi connectivity index (χ2v) is 7.74. The molecule has 1 aliphatic rings. The van der Waals surface area contributed by atoms with Crippen LogP contribution in [0.15, 0.2) is 42.5 Å². The third-order valence-electron chi connectivity index (χ3n) is 6.02. The van der Waals surface area contributed by atoms with Crippen molar-refractivity contribution in [1.82, 2.24) is 15.2 Å². The normalized spacial score (nSPS) is 16.1. The fourth-order valence-electron chi connectivity index (χ4n) is 4.34. The standard InChI is InChI=1S/C25H33N3O2/c1-4-28(5-2)15-16-30-19-9-7-18(8-10-19)24-25-21(13-14-26-24)22-17-20(29-6-3)11-12-23(22)27-25/h7-12,17,24,26-27H,4-6,13-16H2,1-3H3. The number of nitrogens with zero attached hydrogens (tertiary/aromatic N) is 1. The highest BCUT2D eigenvalue weighted by atomic mass is 16.5. The lowest BCUT2D eigenvalue weighted by molar-refractivity contribution is 0.223. The number of rotatable bonds is 9. The predicted molar refractivity (Wildman–Crippen MR) is 123 cm³/mol. The SMILES string of the molecule is CCOc1ccc2[nH]c3c(c2c1)CCNC3c1ccc(OCCN(CC)CC)cc1. The van der Waals surface area contributed by atoms with Crippen LogP contribution < -0.4 is 14.8 Å². The van der Waals surface area contributed by atoms with Crippen molar-refractivity contribution in [2.45, 2.75) is 33.2 Å². The highest BCUT2D eigenvalue weighted by molar-refractivity contribution is 5.86. The second kappa shape index (κ2) is 9.54. The van der Waals surface area contributed by atoms with Gasteiger partial charge in [-0.15, -0.1) is 0 Å². The maximum atomic E-state index is 5.95. The quantitative estimate of drug-likeness (QED) is 0.547. The van der Waals surface area contributed by atoms with Crippen LogP contribution in [0.2, 0.25) is 0 Å². The van der Waals surface area contributed by atoms with E-state index in [1.807, 2.05) is 13.0 Å². The number of hydrogen-bond donors (Lipinski definition) is 2. The molecule has 1 aliphatic heterocycles. The Kier molecular flexibility index (Phi) is 6.60. The van der Waals surface area contributed by atoms with E-state index in [0.717, 1.165) is 50.7 Å². The molecule has 0 aliphatic carbocycles. The number of ether oxygens (including phenoxy) is 2. The molecule has 5 nitrogen and oxygen atoms in total. The molecule has 1 aromatic heterocycles. The summed E-state index contributed by atoms with van der Waals surface area (Å²) in [7, 11) is 0. The largest absolute Gasteiger partial charge is 0.494 e. The van der Waals surface area contributed by atoms with Gasteiger partial charge in [-0.2, -0.15) is 0 Å². The topological polar surface area (TPSA) is 49.5 Å². The molecule has 5 heteroatoms. The van der Waals surface area contributed by atoms with E-state index in [0.29, 0.717) is 6.61 Å². The number of benzene rings is 2. The summed E-state index contributed by atoms with van der Waals surface area (Å²) in [6.45, 7) is 11.8. The number of fused-ring (bicyclic) bond motifs is 3. The third kappa shape index (κ3) is 4.32. The smallest absolute Gasteiger partial charge is 0.120 e. The summed E-state index contributed by atoms with van der Waals surface area (Å²) in [5.41, 5.74) is 5.09. The Labute approximate surface area is 179 Å². The van der Waals surface area contributed by atoms with Gasteiger partial charge in [-0.1, -0.05) is 26.0 Å². The highest BCUT2D eigenvalue weighted by Gasteiger charge is 2.25. The maximum absolute atomic E-state index is 5.95. The Balaban J connectivity index is 1.51. The van der Waals surface area contributed by atoms with Crippen molar-refractivity contribution < 1.29 is 9.47 Å². The van der Waals surface area contributed by atoms with Crippen LogP contribution in [0.3, 0.4) is 0 Å². The lowest BCUT2D eigenvalue weighted by Gasteiger charge is -2.25. The molecular weight excluding hydrogens is 374 g/mol. The average molecular weight is 408 g/mol. The average Bonchev–Trinajstić information content (AvgIpc) is 3.16. The van der Waals surface area contributed by atoms with Crippen LogP contribution in [-0.4, -0.2) is 49.3 Å². The Hall–Kier alpha value is -2.50. The first kappa shape index (κ1) is 20.8. The first-order chi connectivity index (χ1) is 14.7. The zero-order valence-electron chi connectivity index (χ0n) is 18.3. The van der Waals surface area contributed by atoms with Crippen LogP contribution >= 0.6 is 0 Å². The van der Waals surface area contributed by atoms with E-state index in [1.54, 1.807) is 0 Å². The molecule has 4 rings (SSSR count). The van der Waals surface area contributed by atoms with Gasteiger partial charge in [0.2, 0.25) is 0 Å². The monoisotopic (exact) mass is 407 g/mol. The minimum absolute atomic E-state index is 0.168. The van der Waals surface area contributed by atoms with Crippen molar-refractivity contribution in [3.8, 4) is 11.5 Å². The van der Waals surface area contributed by atoms with Crippen LogP contribution in [0.4, 0.5) is 0 Å². The summed E-state index contributed by atoms with van der Waals surface area (Å²) in [6.07, 6.45) is 1.02. The van der Waals surface area contributed by atoms with Crippen LogP contribution in [0, 0.1) is 0 Å². The fraction of sp³-hybridized carbons (Fsp3) is 0.440. The Morgan fingerprint density at radius 1 is 0.967 bits per heavy atom. The molecule has 1 atom stereocenters. The second-order valence-electron chi connectivity index (χ2n) is 7.74. The lowest BCUT2D eigenvalue weighted by Crippen LogP contribution is -2.30. The maximum Gasteiger partial charge on any atom is 0.120 e. The molecule has 2 aromatic carbocycles. The fourth-order valence-corrected chi connectivity index (χ4v) is 4.34. The van der Waals surface area contributed by atoms with Crippen molar-refractivity contribution >= 4 is 10.9 Å². The Morgan fingerprint density at radius 2 is 1.73 bits per heavy atom. The van der Waals surface area contributed by atoms with Crippen molar-refractivity contribution in [1.29, 1.82) is 0 Å². The van der Waals surface area contributed by atoms with Gasteiger partial charge in [0.15, 0.2) is 0 Å². The van der Waals surface area contributed by atoms with E-state index < -0.39 is 0 Å². The van der Waals surface area contributed by atoms with Gasteiger partial charge < -0.3 is 24.7 Å². The number of aromatic amines is 1. The summed E-state index contributed by atoms with van der Waals surface area (Å²) >= 11 is 0. The first-order valence-corrected chi connectivity index (χ1v) is 11.2. The highest BCUT2D eigenvalue weighted by Crippen LogP contribution is 2.35. The van der Waals surface area contributed by atoms with Crippen molar-refractivity contribution in [3.63, 3.8) is 0 Å². The number of likely N-dealkylation sites (N-methyl/N-ethyl adjacent to an activating group) is 1. The molecule has 1 unspecified atom stereocenters. The van der Waals surface area contributed by atoms with Gasteiger partial charge in [0, 0.05) is 29.7 Å². The first-order valence-electron chi connectivity index (χ1n) is 11.2. The molecule has 30 heavy (non-hydrogen) atoms. The molecule has 0 radical (unpaired) electrons. The van der Waals surface area contributed by atoms with Gasteiger partial charge in [-0.3, -0.25) is 0 Å². The van der Waals surface area contributed by atoms with E-state index in [2.05, 4.69) is 65.4 Å². The number of aromatic nitrogens is 1. The predicted octanol–water partition coefficient (Wildman–Crippen LogP) is 4.52. The summed E-state index contributed by atoms with van der Waals surface area (Å²) in [6, 6.07) is 15.0.